The zero-order chi connectivity index (χ0) is 14.2. The van der Waals surface area contributed by atoms with Crippen molar-refractivity contribution in [1.82, 2.24) is 14.8 Å². The number of pyridine rings is 1. The van der Waals surface area contributed by atoms with E-state index < -0.39 is 0 Å². The van der Waals surface area contributed by atoms with Gasteiger partial charge in [0.25, 0.3) is 0 Å². The van der Waals surface area contributed by atoms with E-state index >= 15 is 0 Å². The van der Waals surface area contributed by atoms with Crippen LogP contribution in [0, 0.1) is 6.92 Å². The first kappa shape index (κ1) is 14.8. The van der Waals surface area contributed by atoms with E-state index in [4.69, 9.17) is 0 Å². The molecule has 0 atom stereocenters. The second-order valence-electron chi connectivity index (χ2n) is 5.38. The lowest BCUT2D eigenvalue weighted by Crippen LogP contribution is -2.02. The van der Waals surface area contributed by atoms with Gasteiger partial charge in [-0.1, -0.05) is 45.1 Å². The summed E-state index contributed by atoms with van der Waals surface area (Å²) in [6, 6.07) is 8.07. The van der Waals surface area contributed by atoms with Gasteiger partial charge < -0.3 is 0 Å². The molecule has 2 aromatic rings. The van der Waals surface area contributed by atoms with Crippen molar-refractivity contribution in [2.75, 3.05) is 0 Å². The minimum atomic E-state index is 0.956. The number of aromatic nitrogens is 3. The molecule has 2 rings (SSSR count). The first-order chi connectivity index (χ1) is 9.81. The molecule has 3 heteroatoms. The molecule has 0 N–H and O–H groups in total. The molecule has 0 aromatic carbocycles. The van der Waals surface area contributed by atoms with Crippen molar-refractivity contribution >= 4 is 0 Å². The highest BCUT2D eigenvalue weighted by molar-refractivity contribution is 5.53. The maximum absolute atomic E-state index is 4.67. The Morgan fingerprint density at radius 2 is 1.80 bits per heavy atom. The first-order valence-corrected chi connectivity index (χ1v) is 7.77. The van der Waals surface area contributed by atoms with E-state index in [1.807, 2.05) is 24.4 Å². The average Bonchev–Trinajstić information content (AvgIpc) is 2.85. The van der Waals surface area contributed by atoms with Gasteiger partial charge in [0.1, 0.15) is 5.69 Å². The van der Waals surface area contributed by atoms with Crippen molar-refractivity contribution in [3.63, 3.8) is 0 Å². The van der Waals surface area contributed by atoms with Crippen LogP contribution >= 0.6 is 0 Å². The van der Waals surface area contributed by atoms with E-state index in [1.54, 1.807) is 0 Å². The Kier molecular flexibility index (Phi) is 5.78. The van der Waals surface area contributed by atoms with E-state index in [-0.39, 0.29) is 0 Å². The quantitative estimate of drug-likeness (QED) is 0.656. The lowest BCUT2D eigenvalue weighted by molar-refractivity contribution is 0.520. The summed E-state index contributed by atoms with van der Waals surface area (Å²) in [4.78, 5) is 4.36. The fourth-order valence-corrected chi connectivity index (χ4v) is 2.42. The third-order valence-electron chi connectivity index (χ3n) is 3.63. The van der Waals surface area contributed by atoms with Gasteiger partial charge in [0, 0.05) is 18.4 Å². The van der Waals surface area contributed by atoms with Gasteiger partial charge >= 0.3 is 0 Å². The second-order valence-corrected chi connectivity index (χ2v) is 5.38. The van der Waals surface area contributed by atoms with Gasteiger partial charge in [-0.2, -0.15) is 5.10 Å². The van der Waals surface area contributed by atoms with Crippen LogP contribution in [0.5, 0.6) is 0 Å². The number of aryl methyl sites for hydroxylation is 2. The van der Waals surface area contributed by atoms with Crippen LogP contribution in [0.15, 0.2) is 30.5 Å². The molecule has 0 spiro atoms. The van der Waals surface area contributed by atoms with Crippen molar-refractivity contribution in [1.29, 1.82) is 0 Å². The van der Waals surface area contributed by atoms with Crippen LogP contribution in [-0.2, 0) is 6.54 Å². The maximum Gasteiger partial charge on any atom is 0.111 e. The minimum Gasteiger partial charge on any atom is -0.269 e. The van der Waals surface area contributed by atoms with E-state index in [0.717, 1.165) is 17.9 Å². The van der Waals surface area contributed by atoms with E-state index in [1.165, 1.54) is 44.2 Å². The lowest BCUT2D eigenvalue weighted by atomic mass is 10.1. The fourth-order valence-electron chi connectivity index (χ4n) is 2.42. The Labute approximate surface area is 122 Å². The molecule has 0 saturated carbocycles. The van der Waals surface area contributed by atoms with E-state index in [2.05, 4.69) is 34.7 Å². The predicted octanol–water partition coefficient (Wildman–Crippen LogP) is 4.61. The number of nitrogens with zero attached hydrogens (tertiary/aromatic N) is 3. The van der Waals surface area contributed by atoms with Crippen LogP contribution in [0.4, 0.5) is 0 Å². The molecular formula is C17H25N3. The summed E-state index contributed by atoms with van der Waals surface area (Å²) >= 11 is 0. The molecule has 0 aliphatic heterocycles. The average molecular weight is 271 g/mol. The highest BCUT2D eigenvalue weighted by atomic mass is 15.3. The van der Waals surface area contributed by atoms with Gasteiger partial charge in [-0.25, -0.2) is 0 Å². The Bertz CT molecular complexity index is 502. The highest BCUT2D eigenvalue weighted by Gasteiger charge is 2.06. The molecule has 2 heterocycles. The van der Waals surface area contributed by atoms with Gasteiger partial charge in [-0.3, -0.25) is 9.67 Å². The smallest absolute Gasteiger partial charge is 0.111 e. The van der Waals surface area contributed by atoms with Crippen LogP contribution in [0.2, 0.25) is 0 Å². The van der Waals surface area contributed by atoms with E-state index in [9.17, 15) is 0 Å². The molecular weight excluding hydrogens is 246 g/mol. The Hall–Kier alpha value is -1.64. The fraction of sp³-hybridized carbons (Fsp3) is 0.529. The second kappa shape index (κ2) is 7.83. The molecule has 108 valence electrons. The molecule has 0 unspecified atom stereocenters. The first-order valence-electron chi connectivity index (χ1n) is 7.77. The summed E-state index contributed by atoms with van der Waals surface area (Å²) in [6.07, 6.45) is 9.73. The lowest BCUT2D eigenvalue weighted by Gasteiger charge is -2.04. The Balaban J connectivity index is 1.85. The molecule has 0 aliphatic rings. The summed E-state index contributed by atoms with van der Waals surface area (Å²) in [5, 5.41) is 4.67. The number of hydrogen-bond donors (Lipinski definition) is 0. The van der Waals surface area contributed by atoms with Crippen molar-refractivity contribution in [3.05, 3.63) is 36.2 Å². The third kappa shape index (κ3) is 4.19. The third-order valence-corrected chi connectivity index (χ3v) is 3.63. The molecule has 0 aliphatic carbocycles. The Morgan fingerprint density at radius 3 is 2.55 bits per heavy atom. The van der Waals surface area contributed by atoms with Gasteiger partial charge in [-0.05, 0) is 31.5 Å². The van der Waals surface area contributed by atoms with Crippen LogP contribution in [0.3, 0.4) is 0 Å². The van der Waals surface area contributed by atoms with Crippen molar-refractivity contribution in [3.8, 4) is 11.4 Å². The molecule has 0 radical (unpaired) electrons. The molecule has 0 bridgehead atoms. The van der Waals surface area contributed by atoms with Crippen molar-refractivity contribution in [2.24, 2.45) is 0 Å². The minimum absolute atomic E-state index is 0.956. The summed E-state index contributed by atoms with van der Waals surface area (Å²) in [7, 11) is 0. The van der Waals surface area contributed by atoms with E-state index in [0.29, 0.717) is 0 Å². The normalized spacial score (nSPS) is 10.9. The van der Waals surface area contributed by atoms with Gasteiger partial charge in [0.15, 0.2) is 0 Å². The number of unbranched alkanes of at least 4 members (excludes halogenated alkanes) is 5. The zero-order valence-electron chi connectivity index (χ0n) is 12.7. The standard InChI is InChI=1S/C17H25N3/c1-3-4-5-6-7-10-13-20-15(2)14-17(19-20)16-11-8-9-12-18-16/h8-9,11-12,14H,3-7,10,13H2,1-2H3. The summed E-state index contributed by atoms with van der Waals surface area (Å²) in [5.74, 6) is 0. The number of rotatable bonds is 8. The van der Waals surface area contributed by atoms with Crippen molar-refractivity contribution < 1.29 is 0 Å². The molecule has 0 amide bonds. The zero-order valence-corrected chi connectivity index (χ0v) is 12.7. The van der Waals surface area contributed by atoms with Crippen LogP contribution in [-0.4, -0.2) is 14.8 Å². The topological polar surface area (TPSA) is 30.7 Å². The monoisotopic (exact) mass is 271 g/mol. The maximum atomic E-state index is 4.67. The SMILES string of the molecule is CCCCCCCCn1nc(-c2ccccn2)cc1C. The summed E-state index contributed by atoms with van der Waals surface area (Å²) in [6.45, 7) is 5.40. The molecule has 20 heavy (non-hydrogen) atoms. The predicted molar refractivity (Wildman–Crippen MR) is 83.6 cm³/mol. The Morgan fingerprint density at radius 1 is 1.00 bits per heavy atom. The van der Waals surface area contributed by atoms with Crippen molar-refractivity contribution in [2.45, 2.75) is 58.9 Å². The van der Waals surface area contributed by atoms with Gasteiger partial charge in [0.2, 0.25) is 0 Å². The molecule has 0 saturated heterocycles. The summed E-state index contributed by atoms with van der Waals surface area (Å²) in [5.41, 5.74) is 3.16. The largest absolute Gasteiger partial charge is 0.269 e. The van der Waals surface area contributed by atoms with Gasteiger partial charge in [-0.15, -0.1) is 0 Å². The highest BCUT2D eigenvalue weighted by Crippen LogP contribution is 2.16. The molecule has 2 aromatic heterocycles. The van der Waals surface area contributed by atoms with Gasteiger partial charge in [0.05, 0.1) is 5.69 Å². The van der Waals surface area contributed by atoms with Crippen LogP contribution < -0.4 is 0 Å². The molecule has 0 fully saturated rings. The summed E-state index contributed by atoms with van der Waals surface area (Å²) < 4.78 is 2.11. The van der Waals surface area contributed by atoms with Crippen LogP contribution in [0.25, 0.3) is 11.4 Å². The number of hydrogen-bond acceptors (Lipinski definition) is 2. The van der Waals surface area contributed by atoms with Crippen LogP contribution in [0.1, 0.15) is 51.1 Å². The molecule has 3 nitrogen and oxygen atoms in total.